The average Bonchev–Trinajstić information content (AvgIpc) is 1.92. The second-order valence-electron chi connectivity index (χ2n) is 4.58. The zero-order chi connectivity index (χ0) is 11.0. The third-order valence-corrected chi connectivity index (χ3v) is 3.57. The van der Waals surface area contributed by atoms with E-state index in [1.807, 2.05) is 0 Å². The highest BCUT2D eigenvalue weighted by Gasteiger charge is 2.57. The molecule has 0 radical (unpaired) electrons. The van der Waals surface area contributed by atoms with E-state index in [-0.39, 0.29) is 12.5 Å². The smallest absolute Gasteiger partial charge is 0.314 e. The van der Waals surface area contributed by atoms with Crippen LogP contribution in [0.5, 0.6) is 0 Å². The van der Waals surface area contributed by atoms with Gasteiger partial charge in [0.25, 0.3) is 0 Å². The number of rotatable bonds is 4. The van der Waals surface area contributed by atoms with E-state index in [1.54, 1.807) is 0 Å². The summed E-state index contributed by atoms with van der Waals surface area (Å²) in [5.41, 5.74) is 2.32. The summed E-state index contributed by atoms with van der Waals surface area (Å²) in [6, 6.07) is 0. The second kappa shape index (κ2) is 3.50. The Bertz CT molecular complexity index is 233. The number of carboxylic acids is 1. The topological polar surface area (TPSA) is 63.3 Å². The molecule has 3 nitrogen and oxygen atoms in total. The number of carboxylic acid groups (broad SMARTS) is 1. The zero-order valence-electron chi connectivity index (χ0n) is 8.72. The summed E-state index contributed by atoms with van der Waals surface area (Å²) < 4.78 is 14.0. The maximum absolute atomic E-state index is 14.0. The minimum absolute atomic E-state index is 0.106. The van der Waals surface area contributed by atoms with E-state index in [0.717, 1.165) is 19.3 Å². The Morgan fingerprint density at radius 1 is 1.57 bits per heavy atom. The van der Waals surface area contributed by atoms with Crippen molar-refractivity contribution in [1.29, 1.82) is 0 Å². The fourth-order valence-corrected chi connectivity index (χ4v) is 2.31. The molecule has 0 aromatic heterocycles. The van der Waals surface area contributed by atoms with Crippen molar-refractivity contribution in [2.24, 2.45) is 17.1 Å². The fourth-order valence-electron chi connectivity index (χ4n) is 2.31. The highest BCUT2D eigenvalue weighted by Crippen LogP contribution is 2.49. The van der Waals surface area contributed by atoms with Gasteiger partial charge in [-0.3, -0.25) is 4.79 Å². The van der Waals surface area contributed by atoms with Gasteiger partial charge in [0.05, 0.1) is 0 Å². The van der Waals surface area contributed by atoms with Gasteiger partial charge in [-0.05, 0) is 32.6 Å². The Balaban J connectivity index is 3.03. The van der Waals surface area contributed by atoms with Crippen molar-refractivity contribution in [3.8, 4) is 0 Å². The summed E-state index contributed by atoms with van der Waals surface area (Å²) in [6.45, 7) is 2.50. The Morgan fingerprint density at radius 3 is 2.14 bits per heavy atom. The van der Waals surface area contributed by atoms with Gasteiger partial charge in [-0.2, -0.15) is 0 Å². The van der Waals surface area contributed by atoms with Crippen molar-refractivity contribution in [2.45, 2.75) is 38.8 Å². The van der Waals surface area contributed by atoms with Crippen molar-refractivity contribution in [1.82, 2.24) is 0 Å². The van der Waals surface area contributed by atoms with Crippen LogP contribution >= 0.6 is 0 Å². The largest absolute Gasteiger partial charge is 0.481 e. The van der Waals surface area contributed by atoms with E-state index in [4.69, 9.17) is 5.73 Å². The maximum Gasteiger partial charge on any atom is 0.314 e. The third kappa shape index (κ3) is 1.41. The summed E-state index contributed by atoms with van der Waals surface area (Å²) in [6.07, 6.45) is 2.53. The van der Waals surface area contributed by atoms with Gasteiger partial charge in [0.2, 0.25) is 0 Å². The van der Waals surface area contributed by atoms with E-state index in [9.17, 15) is 14.3 Å². The van der Waals surface area contributed by atoms with Gasteiger partial charge in [0, 0.05) is 6.54 Å². The molecule has 1 atom stereocenters. The van der Waals surface area contributed by atoms with E-state index >= 15 is 0 Å². The van der Waals surface area contributed by atoms with Gasteiger partial charge in [-0.1, -0.05) is 6.42 Å². The molecule has 1 fully saturated rings. The van der Waals surface area contributed by atoms with Crippen molar-refractivity contribution < 1.29 is 14.3 Å². The molecular weight excluding hydrogens is 185 g/mol. The third-order valence-electron chi connectivity index (χ3n) is 3.57. The molecule has 0 heterocycles. The summed E-state index contributed by atoms with van der Waals surface area (Å²) >= 11 is 0. The van der Waals surface area contributed by atoms with Crippen LogP contribution < -0.4 is 5.73 Å². The highest BCUT2D eigenvalue weighted by molar-refractivity contribution is 5.77. The van der Waals surface area contributed by atoms with Crippen LogP contribution in [0, 0.1) is 11.3 Å². The van der Waals surface area contributed by atoms with E-state index < -0.39 is 17.1 Å². The SMILES string of the molecule is CC(C)(F)C(CN)(C(=O)O)C1CCC1. The number of halogens is 1. The first-order valence-corrected chi connectivity index (χ1v) is 4.98. The quantitative estimate of drug-likeness (QED) is 0.728. The molecule has 1 aliphatic carbocycles. The van der Waals surface area contributed by atoms with Crippen LogP contribution in [0.2, 0.25) is 0 Å². The molecule has 1 saturated carbocycles. The second-order valence-corrected chi connectivity index (χ2v) is 4.58. The molecule has 0 aromatic carbocycles. The van der Waals surface area contributed by atoms with Gasteiger partial charge in [0.1, 0.15) is 11.1 Å². The minimum atomic E-state index is -1.77. The molecule has 4 heteroatoms. The van der Waals surface area contributed by atoms with Gasteiger partial charge in [-0.25, -0.2) is 4.39 Å². The van der Waals surface area contributed by atoms with E-state index in [2.05, 4.69) is 0 Å². The number of aliphatic carboxylic acids is 1. The van der Waals surface area contributed by atoms with Gasteiger partial charge >= 0.3 is 5.97 Å². The molecule has 0 spiro atoms. The molecule has 0 saturated heterocycles. The first kappa shape index (κ1) is 11.4. The number of carbonyl (C=O) groups is 1. The monoisotopic (exact) mass is 203 g/mol. The predicted molar refractivity (Wildman–Crippen MR) is 51.7 cm³/mol. The molecule has 1 aliphatic rings. The van der Waals surface area contributed by atoms with Crippen LogP contribution in [0.3, 0.4) is 0 Å². The van der Waals surface area contributed by atoms with Crippen LogP contribution in [0.25, 0.3) is 0 Å². The molecule has 1 rings (SSSR count). The summed E-state index contributed by atoms with van der Waals surface area (Å²) in [7, 11) is 0. The lowest BCUT2D eigenvalue weighted by Gasteiger charge is -2.47. The zero-order valence-corrected chi connectivity index (χ0v) is 8.72. The molecule has 0 aromatic rings. The summed E-state index contributed by atoms with van der Waals surface area (Å²) in [5, 5.41) is 9.17. The molecule has 0 aliphatic heterocycles. The van der Waals surface area contributed by atoms with E-state index in [1.165, 1.54) is 13.8 Å². The summed E-state index contributed by atoms with van der Waals surface area (Å²) in [5.74, 6) is -1.21. The molecule has 82 valence electrons. The lowest BCUT2D eigenvalue weighted by atomic mass is 9.59. The van der Waals surface area contributed by atoms with Crippen molar-refractivity contribution >= 4 is 5.97 Å². The standard InChI is InChI=1S/C10H18FNO2/c1-9(2,11)10(6-12,8(13)14)7-4-3-5-7/h7H,3-6,12H2,1-2H3,(H,13,14). The van der Waals surface area contributed by atoms with Crippen LogP contribution in [0.15, 0.2) is 0 Å². The van der Waals surface area contributed by atoms with Crippen molar-refractivity contribution in [2.75, 3.05) is 6.54 Å². The molecule has 3 N–H and O–H groups in total. The first-order valence-electron chi connectivity index (χ1n) is 4.98. The number of hydrogen-bond donors (Lipinski definition) is 2. The first-order chi connectivity index (χ1) is 6.36. The molecule has 14 heavy (non-hydrogen) atoms. The normalized spacial score (nSPS) is 22.6. The number of hydrogen-bond acceptors (Lipinski definition) is 2. The number of alkyl halides is 1. The highest BCUT2D eigenvalue weighted by atomic mass is 19.1. The van der Waals surface area contributed by atoms with Crippen molar-refractivity contribution in [3.63, 3.8) is 0 Å². The van der Waals surface area contributed by atoms with Crippen LogP contribution in [0.1, 0.15) is 33.1 Å². The van der Waals surface area contributed by atoms with Gasteiger partial charge < -0.3 is 10.8 Å². The van der Waals surface area contributed by atoms with Gasteiger partial charge in [0.15, 0.2) is 0 Å². The predicted octanol–water partition coefficient (Wildman–Crippen LogP) is 1.56. The Kier molecular flexibility index (Phi) is 2.86. The van der Waals surface area contributed by atoms with Crippen LogP contribution in [0.4, 0.5) is 4.39 Å². The number of nitrogens with two attached hydrogens (primary N) is 1. The molecule has 1 unspecified atom stereocenters. The Hall–Kier alpha value is -0.640. The fraction of sp³-hybridized carbons (Fsp3) is 0.900. The summed E-state index contributed by atoms with van der Waals surface area (Å²) in [4.78, 5) is 11.2. The molecular formula is C10H18FNO2. The molecule has 0 bridgehead atoms. The van der Waals surface area contributed by atoms with Crippen LogP contribution in [-0.2, 0) is 4.79 Å². The van der Waals surface area contributed by atoms with E-state index in [0.29, 0.717) is 0 Å². The van der Waals surface area contributed by atoms with Crippen molar-refractivity contribution in [3.05, 3.63) is 0 Å². The van der Waals surface area contributed by atoms with Gasteiger partial charge in [-0.15, -0.1) is 0 Å². The minimum Gasteiger partial charge on any atom is -0.481 e. The Labute approximate surface area is 83.5 Å². The average molecular weight is 203 g/mol. The maximum atomic E-state index is 14.0. The molecule has 0 amide bonds. The Morgan fingerprint density at radius 2 is 2.07 bits per heavy atom. The van der Waals surface area contributed by atoms with Crippen LogP contribution in [-0.4, -0.2) is 23.3 Å². The lowest BCUT2D eigenvalue weighted by Crippen LogP contribution is -2.58. The lowest BCUT2D eigenvalue weighted by molar-refractivity contribution is -0.167.